The number of aryl methyl sites for hydroxylation is 1. The first kappa shape index (κ1) is 12.6. The van der Waals surface area contributed by atoms with Crippen LogP contribution in [0.3, 0.4) is 0 Å². The Balaban J connectivity index is 2.10. The average Bonchev–Trinajstić information content (AvgIpc) is 2.40. The van der Waals surface area contributed by atoms with Crippen LogP contribution in [0.1, 0.15) is 16.8 Å². The molecule has 0 unspecified atom stereocenters. The van der Waals surface area contributed by atoms with Crippen LogP contribution in [0.2, 0.25) is 0 Å². The summed E-state index contributed by atoms with van der Waals surface area (Å²) < 4.78 is 0.967. The van der Waals surface area contributed by atoms with Crippen molar-refractivity contribution in [1.82, 2.24) is 4.98 Å². The van der Waals surface area contributed by atoms with Gasteiger partial charge >= 0.3 is 0 Å². The molecule has 90 valence electrons. The smallest absolute Gasteiger partial charge is 0.0992 e. The predicted octanol–water partition coefficient (Wildman–Crippen LogP) is 3.64. The van der Waals surface area contributed by atoms with Crippen molar-refractivity contribution in [3.05, 3.63) is 57.8 Å². The predicted molar refractivity (Wildman–Crippen MR) is 75.2 cm³/mol. The third-order valence-electron chi connectivity index (χ3n) is 2.62. The van der Waals surface area contributed by atoms with E-state index in [1.165, 1.54) is 0 Å². The largest absolute Gasteiger partial charge is 0.379 e. The van der Waals surface area contributed by atoms with E-state index in [9.17, 15) is 0 Å². The molecule has 0 aliphatic rings. The lowest BCUT2D eigenvalue weighted by Crippen LogP contribution is -2.03. The minimum Gasteiger partial charge on any atom is -0.379 e. The van der Waals surface area contributed by atoms with Crippen LogP contribution in [0.25, 0.3) is 0 Å². The van der Waals surface area contributed by atoms with Gasteiger partial charge in [0.1, 0.15) is 0 Å². The molecule has 1 heterocycles. The van der Waals surface area contributed by atoms with E-state index in [0.717, 1.165) is 21.4 Å². The van der Waals surface area contributed by atoms with Gasteiger partial charge in [-0.05, 0) is 52.7 Å². The molecule has 0 amide bonds. The van der Waals surface area contributed by atoms with Crippen LogP contribution < -0.4 is 5.32 Å². The Morgan fingerprint density at radius 1 is 1.33 bits per heavy atom. The maximum atomic E-state index is 8.87. The first-order valence-corrected chi connectivity index (χ1v) is 6.33. The quantitative estimate of drug-likeness (QED) is 0.941. The molecular weight excluding hydrogens is 290 g/mol. The van der Waals surface area contributed by atoms with E-state index in [2.05, 4.69) is 32.3 Å². The van der Waals surface area contributed by atoms with Gasteiger partial charge < -0.3 is 5.32 Å². The molecule has 1 aromatic heterocycles. The van der Waals surface area contributed by atoms with Crippen LogP contribution in [0.5, 0.6) is 0 Å². The molecule has 3 nitrogen and oxygen atoms in total. The number of hydrogen-bond donors (Lipinski definition) is 1. The Labute approximate surface area is 115 Å². The lowest BCUT2D eigenvalue weighted by molar-refractivity contribution is 1.04. The highest BCUT2D eigenvalue weighted by Gasteiger charge is 2.01. The van der Waals surface area contributed by atoms with E-state index in [1.54, 1.807) is 6.20 Å². The molecule has 0 atom stereocenters. The van der Waals surface area contributed by atoms with Crippen molar-refractivity contribution < 1.29 is 0 Å². The normalized spacial score (nSPS) is 9.83. The lowest BCUT2D eigenvalue weighted by atomic mass is 10.1. The summed E-state index contributed by atoms with van der Waals surface area (Å²) in [6, 6.07) is 11.7. The van der Waals surface area contributed by atoms with Gasteiger partial charge in [0.25, 0.3) is 0 Å². The van der Waals surface area contributed by atoms with Crippen LogP contribution in [-0.2, 0) is 6.54 Å². The number of pyridine rings is 1. The molecule has 0 aliphatic heterocycles. The van der Waals surface area contributed by atoms with Gasteiger partial charge in [0, 0.05) is 16.4 Å². The summed E-state index contributed by atoms with van der Waals surface area (Å²) in [6.07, 6.45) is 1.77. The van der Waals surface area contributed by atoms with Crippen LogP contribution in [0, 0.1) is 18.3 Å². The van der Waals surface area contributed by atoms with Crippen molar-refractivity contribution >= 4 is 21.6 Å². The summed E-state index contributed by atoms with van der Waals surface area (Å²) in [5.41, 5.74) is 3.71. The Kier molecular flexibility index (Phi) is 3.96. The zero-order chi connectivity index (χ0) is 13.0. The highest BCUT2D eigenvalue weighted by Crippen LogP contribution is 2.17. The van der Waals surface area contributed by atoms with Crippen molar-refractivity contribution in [1.29, 1.82) is 5.26 Å². The second kappa shape index (κ2) is 5.65. The van der Waals surface area contributed by atoms with Crippen LogP contribution in [0.15, 0.2) is 41.0 Å². The van der Waals surface area contributed by atoms with Gasteiger partial charge in [0.05, 0.1) is 23.9 Å². The number of rotatable bonds is 3. The van der Waals surface area contributed by atoms with E-state index in [0.29, 0.717) is 12.1 Å². The molecule has 18 heavy (non-hydrogen) atoms. The average molecular weight is 302 g/mol. The minimum absolute atomic E-state index is 0.642. The van der Waals surface area contributed by atoms with E-state index in [-0.39, 0.29) is 0 Å². The lowest BCUT2D eigenvalue weighted by Gasteiger charge is -2.09. The van der Waals surface area contributed by atoms with Gasteiger partial charge in [0.15, 0.2) is 0 Å². The van der Waals surface area contributed by atoms with Gasteiger partial charge in [-0.2, -0.15) is 5.26 Å². The first-order valence-electron chi connectivity index (χ1n) is 5.54. The number of benzene rings is 1. The number of anilines is 1. The molecule has 0 fully saturated rings. The molecule has 0 radical (unpaired) electrons. The number of hydrogen-bond acceptors (Lipinski definition) is 3. The summed E-state index contributed by atoms with van der Waals surface area (Å²) >= 11 is 3.35. The van der Waals surface area contributed by atoms with Crippen molar-refractivity contribution in [2.45, 2.75) is 13.5 Å². The SMILES string of the molecule is Cc1ccc(C#N)cc1NCc1ccc(Br)cn1. The number of aromatic nitrogens is 1. The number of nitrogens with one attached hydrogen (secondary N) is 1. The van der Waals surface area contributed by atoms with E-state index in [4.69, 9.17) is 5.26 Å². The zero-order valence-corrected chi connectivity index (χ0v) is 11.5. The van der Waals surface area contributed by atoms with E-state index < -0.39 is 0 Å². The maximum Gasteiger partial charge on any atom is 0.0992 e. The highest BCUT2D eigenvalue weighted by molar-refractivity contribution is 9.10. The molecule has 4 heteroatoms. The molecular formula is C14H12BrN3. The molecule has 0 spiro atoms. The minimum atomic E-state index is 0.642. The second-order valence-corrected chi connectivity index (χ2v) is 4.88. The fraction of sp³-hybridized carbons (Fsp3) is 0.143. The summed E-state index contributed by atoms with van der Waals surface area (Å²) in [7, 11) is 0. The Hall–Kier alpha value is -1.86. The molecule has 1 aromatic carbocycles. The topological polar surface area (TPSA) is 48.7 Å². The van der Waals surface area contributed by atoms with Gasteiger partial charge in [0.2, 0.25) is 0 Å². The zero-order valence-electron chi connectivity index (χ0n) is 9.94. The Bertz CT molecular complexity index is 585. The molecule has 0 aliphatic carbocycles. The van der Waals surface area contributed by atoms with Gasteiger partial charge in [-0.25, -0.2) is 0 Å². The standard InChI is InChI=1S/C14H12BrN3/c1-10-2-3-11(7-16)6-14(10)18-9-13-5-4-12(15)8-17-13/h2-6,8,18H,9H2,1H3. The van der Waals surface area contributed by atoms with Crippen molar-refractivity contribution in [3.63, 3.8) is 0 Å². The van der Waals surface area contributed by atoms with Gasteiger partial charge in [-0.3, -0.25) is 4.98 Å². The monoisotopic (exact) mass is 301 g/mol. The van der Waals surface area contributed by atoms with Crippen molar-refractivity contribution in [2.75, 3.05) is 5.32 Å². The Morgan fingerprint density at radius 2 is 2.17 bits per heavy atom. The van der Waals surface area contributed by atoms with Crippen LogP contribution >= 0.6 is 15.9 Å². The third-order valence-corrected chi connectivity index (χ3v) is 3.08. The molecule has 0 saturated carbocycles. The maximum absolute atomic E-state index is 8.87. The number of nitriles is 1. The van der Waals surface area contributed by atoms with E-state index >= 15 is 0 Å². The molecule has 2 aromatic rings. The summed E-state index contributed by atoms with van der Waals surface area (Å²) in [4.78, 5) is 4.29. The van der Waals surface area contributed by atoms with Crippen molar-refractivity contribution in [2.24, 2.45) is 0 Å². The first-order chi connectivity index (χ1) is 8.69. The van der Waals surface area contributed by atoms with Gasteiger partial charge in [-0.1, -0.05) is 6.07 Å². The number of nitrogens with zero attached hydrogens (tertiary/aromatic N) is 2. The van der Waals surface area contributed by atoms with Crippen LogP contribution in [-0.4, -0.2) is 4.98 Å². The van der Waals surface area contributed by atoms with E-state index in [1.807, 2.05) is 37.3 Å². The second-order valence-electron chi connectivity index (χ2n) is 3.96. The number of halogens is 1. The van der Waals surface area contributed by atoms with Gasteiger partial charge in [-0.15, -0.1) is 0 Å². The highest BCUT2D eigenvalue weighted by atomic mass is 79.9. The summed E-state index contributed by atoms with van der Waals surface area (Å²) in [5, 5.41) is 12.2. The van der Waals surface area contributed by atoms with Crippen LogP contribution in [0.4, 0.5) is 5.69 Å². The molecule has 2 rings (SSSR count). The fourth-order valence-electron chi connectivity index (χ4n) is 1.58. The summed E-state index contributed by atoms with van der Waals surface area (Å²) in [6.45, 7) is 2.65. The molecule has 0 saturated heterocycles. The molecule has 1 N–H and O–H groups in total. The molecule has 0 bridgehead atoms. The summed E-state index contributed by atoms with van der Waals surface area (Å²) in [5.74, 6) is 0. The third kappa shape index (κ3) is 3.08. The Morgan fingerprint density at radius 3 is 2.83 bits per heavy atom. The van der Waals surface area contributed by atoms with Crippen molar-refractivity contribution in [3.8, 4) is 6.07 Å². The fourth-order valence-corrected chi connectivity index (χ4v) is 1.81.